The van der Waals surface area contributed by atoms with Gasteiger partial charge in [-0.2, -0.15) is 0 Å². The Labute approximate surface area is 81.2 Å². The lowest BCUT2D eigenvalue weighted by atomic mass is 10.2. The summed E-state index contributed by atoms with van der Waals surface area (Å²) in [4.78, 5) is 28.9. The SMILES string of the molecule is [N-]=[N+]=Nc1cncc2c(=O)[nH][nH]c(=O)c12. The molecule has 8 heteroatoms. The van der Waals surface area contributed by atoms with E-state index >= 15 is 0 Å². The fourth-order valence-electron chi connectivity index (χ4n) is 1.23. The molecule has 0 aromatic carbocycles. The molecule has 2 heterocycles. The van der Waals surface area contributed by atoms with Crippen LogP contribution >= 0.6 is 0 Å². The van der Waals surface area contributed by atoms with Crippen molar-refractivity contribution in [3.05, 3.63) is 43.5 Å². The molecular formula is C7H4N6O2. The normalized spacial score (nSPS) is 9.87. The Hall–Kier alpha value is -2.60. The van der Waals surface area contributed by atoms with Crippen LogP contribution in [0, 0.1) is 0 Å². The van der Waals surface area contributed by atoms with Gasteiger partial charge in [0.2, 0.25) is 0 Å². The van der Waals surface area contributed by atoms with Crippen LogP contribution in [0.25, 0.3) is 21.2 Å². The van der Waals surface area contributed by atoms with Gasteiger partial charge in [0.25, 0.3) is 11.1 Å². The molecule has 0 saturated carbocycles. The molecule has 0 aliphatic carbocycles. The number of H-pyrrole nitrogens is 2. The first-order valence-corrected chi connectivity index (χ1v) is 3.88. The van der Waals surface area contributed by atoms with E-state index in [1.165, 1.54) is 12.4 Å². The molecule has 8 nitrogen and oxygen atoms in total. The Morgan fingerprint density at radius 3 is 2.73 bits per heavy atom. The number of fused-ring (bicyclic) bond motifs is 1. The van der Waals surface area contributed by atoms with E-state index < -0.39 is 11.1 Å². The minimum Gasteiger partial charge on any atom is -0.267 e. The number of nitrogens with one attached hydrogen (secondary N) is 2. The highest BCUT2D eigenvalue weighted by molar-refractivity contribution is 5.89. The fraction of sp³-hybridized carbons (Fsp3) is 0. The molecule has 2 aromatic rings. The van der Waals surface area contributed by atoms with Crippen molar-refractivity contribution in [1.29, 1.82) is 0 Å². The summed E-state index contributed by atoms with van der Waals surface area (Å²) in [5.74, 6) is 0. The minimum absolute atomic E-state index is 0.0300. The summed E-state index contributed by atoms with van der Waals surface area (Å²) in [5, 5.41) is 7.68. The van der Waals surface area contributed by atoms with E-state index in [4.69, 9.17) is 5.53 Å². The van der Waals surface area contributed by atoms with Crippen LogP contribution in [0.3, 0.4) is 0 Å². The van der Waals surface area contributed by atoms with Crippen molar-refractivity contribution in [3.63, 3.8) is 0 Å². The Kier molecular flexibility index (Phi) is 1.96. The largest absolute Gasteiger partial charge is 0.272 e. The van der Waals surface area contributed by atoms with E-state index in [0.29, 0.717) is 0 Å². The maximum atomic E-state index is 11.4. The highest BCUT2D eigenvalue weighted by Crippen LogP contribution is 2.17. The Bertz CT molecular complexity index is 678. The third kappa shape index (κ3) is 1.34. The molecule has 0 spiro atoms. The second kappa shape index (κ2) is 3.28. The average Bonchev–Trinajstić information content (AvgIpc) is 2.24. The zero-order chi connectivity index (χ0) is 10.8. The molecule has 15 heavy (non-hydrogen) atoms. The fourth-order valence-corrected chi connectivity index (χ4v) is 1.23. The zero-order valence-electron chi connectivity index (χ0n) is 7.26. The molecule has 2 rings (SSSR count). The molecule has 2 N–H and O–H groups in total. The van der Waals surface area contributed by atoms with E-state index in [-0.39, 0.29) is 16.5 Å². The van der Waals surface area contributed by atoms with Gasteiger partial charge in [-0.05, 0) is 5.53 Å². The monoisotopic (exact) mass is 204 g/mol. The molecule has 74 valence electrons. The van der Waals surface area contributed by atoms with Crippen molar-refractivity contribution in [2.75, 3.05) is 0 Å². The highest BCUT2D eigenvalue weighted by atomic mass is 16.1. The first kappa shape index (κ1) is 8.97. The van der Waals surface area contributed by atoms with Gasteiger partial charge in [-0.1, -0.05) is 5.11 Å². The number of hydrogen-bond acceptors (Lipinski definition) is 4. The lowest BCUT2D eigenvalue weighted by Gasteiger charge is -1.97. The van der Waals surface area contributed by atoms with E-state index in [0.717, 1.165) is 0 Å². The van der Waals surface area contributed by atoms with Crippen molar-refractivity contribution >= 4 is 16.5 Å². The van der Waals surface area contributed by atoms with Crippen molar-refractivity contribution in [1.82, 2.24) is 15.2 Å². The van der Waals surface area contributed by atoms with Gasteiger partial charge in [0.05, 0.1) is 16.5 Å². The Morgan fingerprint density at radius 1 is 1.27 bits per heavy atom. The molecule has 0 bridgehead atoms. The molecule has 0 fully saturated rings. The van der Waals surface area contributed by atoms with Crippen LogP contribution < -0.4 is 11.1 Å². The highest BCUT2D eigenvalue weighted by Gasteiger charge is 2.06. The molecule has 2 aromatic heterocycles. The zero-order valence-corrected chi connectivity index (χ0v) is 7.26. The maximum absolute atomic E-state index is 11.4. The Balaban J connectivity index is 3.10. The number of aromatic amines is 2. The van der Waals surface area contributed by atoms with Crippen LogP contribution in [-0.2, 0) is 0 Å². The second-order valence-electron chi connectivity index (χ2n) is 2.68. The van der Waals surface area contributed by atoms with Crippen molar-refractivity contribution < 1.29 is 0 Å². The van der Waals surface area contributed by atoms with Gasteiger partial charge in [0.15, 0.2) is 0 Å². The van der Waals surface area contributed by atoms with E-state index in [2.05, 4.69) is 25.2 Å². The number of hydrogen-bond donors (Lipinski definition) is 2. The van der Waals surface area contributed by atoms with Gasteiger partial charge in [-0.3, -0.25) is 24.8 Å². The van der Waals surface area contributed by atoms with Crippen molar-refractivity contribution in [2.24, 2.45) is 5.11 Å². The number of rotatable bonds is 1. The predicted molar refractivity (Wildman–Crippen MR) is 51.8 cm³/mol. The number of aromatic nitrogens is 3. The summed E-state index contributed by atoms with van der Waals surface area (Å²) < 4.78 is 0. The first-order chi connectivity index (χ1) is 7.24. The number of pyridine rings is 1. The third-order valence-corrected chi connectivity index (χ3v) is 1.84. The number of azide groups is 1. The third-order valence-electron chi connectivity index (χ3n) is 1.84. The van der Waals surface area contributed by atoms with Crippen LogP contribution in [0.5, 0.6) is 0 Å². The van der Waals surface area contributed by atoms with Crippen LogP contribution in [0.15, 0.2) is 27.1 Å². The summed E-state index contributed by atoms with van der Waals surface area (Å²) in [6, 6.07) is 0. The van der Waals surface area contributed by atoms with E-state index in [1.807, 2.05) is 0 Å². The molecule has 0 saturated heterocycles. The van der Waals surface area contributed by atoms with Gasteiger partial charge in [0, 0.05) is 17.3 Å². The Morgan fingerprint density at radius 2 is 2.00 bits per heavy atom. The molecule has 0 aliphatic heterocycles. The van der Waals surface area contributed by atoms with Gasteiger partial charge in [0.1, 0.15) is 0 Å². The molecular weight excluding hydrogens is 200 g/mol. The second-order valence-corrected chi connectivity index (χ2v) is 2.68. The molecule has 0 amide bonds. The van der Waals surface area contributed by atoms with Crippen molar-refractivity contribution in [2.45, 2.75) is 0 Å². The average molecular weight is 204 g/mol. The van der Waals surface area contributed by atoms with E-state index in [9.17, 15) is 9.59 Å². The van der Waals surface area contributed by atoms with Crippen LogP contribution in [-0.4, -0.2) is 15.2 Å². The standard InChI is InChI=1S/C7H4N6O2/c8-13-10-4-2-9-1-3-5(4)7(15)12-11-6(3)14/h1-2H,(H,11,14)(H,12,15). The predicted octanol–water partition coefficient (Wildman–Crippen LogP) is 0.553. The van der Waals surface area contributed by atoms with Gasteiger partial charge >= 0.3 is 0 Å². The van der Waals surface area contributed by atoms with Crippen LogP contribution in [0.2, 0.25) is 0 Å². The van der Waals surface area contributed by atoms with Gasteiger partial charge < -0.3 is 0 Å². The molecule has 0 radical (unpaired) electrons. The maximum Gasteiger partial charge on any atom is 0.272 e. The summed E-state index contributed by atoms with van der Waals surface area (Å²) in [5.41, 5.74) is 7.28. The number of nitrogens with zero attached hydrogens (tertiary/aromatic N) is 4. The first-order valence-electron chi connectivity index (χ1n) is 3.88. The summed E-state index contributed by atoms with van der Waals surface area (Å²) in [6.45, 7) is 0. The lowest BCUT2D eigenvalue weighted by Crippen LogP contribution is -2.19. The summed E-state index contributed by atoms with van der Waals surface area (Å²) in [7, 11) is 0. The minimum atomic E-state index is -0.533. The van der Waals surface area contributed by atoms with Gasteiger partial charge in [-0.25, -0.2) is 0 Å². The van der Waals surface area contributed by atoms with Crippen LogP contribution in [0.1, 0.15) is 0 Å². The van der Waals surface area contributed by atoms with Crippen LogP contribution in [0.4, 0.5) is 5.69 Å². The quantitative estimate of drug-likeness (QED) is 0.400. The van der Waals surface area contributed by atoms with Gasteiger partial charge in [-0.15, -0.1) is 0 Å². The summed E-state index contributed by atoms with van der Waals surface area (Å²) in [6.07, 6.45) is 2.45. The van der Waals surface area contributed by atoms with E-state index in [1.54, 1.807) is 0 Å². The molecule has 0 unspecified atom stereocenters. The molecule has 0 aliphatic rings. The lowest BCUT2D eigenvalue weighted by molar-refractivity contribution is 0.974. The molecule has 0 atom stereocenters. The summed E-state index contributed by atoms with van der Waals surface area (Å²) >= 11 is 0. The smallest absolute Gasteiger partial charge is 0.267 e. The van der Waals surface area contributed by atoms with Crippen molar-refractivity contribution in [3.8, 4) is 0 Å². The topological polar surface area (TPSA) is 127 Å².